The second-order valence-electron chi connectivity index (χ2n) is 3.43. The van der Waals surface area contributed by atoms with Crippen LogP contribution in [-0.4, -0.2) is 16.5 Å². The number of ketones is 2. The predicted molar refractivity (Wildman–Crippen MR) is 63.5 cm³/mol. The van der Waals surface area contributed by atoms with E-state index in [2.05, 4.69) is 0 Å². The van der Waals surface area contributed by atoms with Crippen LogP contribution in [0, 0.1) is 10.1 Å². The topological polar surface area (TPSA) is 103 Å². The number of carbonyl (C=O) groups is 2. The van der Waals surface area contributed by atoms with Crippen LogP contribution in [-0.2, 0) is 9.59 Å². The molecule has 0 atom stereocenters. The van der Waals surface area contributed by atoms with Crippen molar-refractivity contribution in [2.75, 3.05) is 5.73 Å². The number of carbonyl (C=O) groups excluding carboxylic acids is 2. The number of non-ortho nitro benzene ring substituents is 1. The van der Waals surface area contributed by atoms with Crippen LogP contribution in [0.1, 0.15) is 20.3 Å². The quantitative estimate of drug-likeness (QED) is 0.374. The lowest BCUT2D eigenvalue weighted by atomic mass is 10.2. The predicted octanol–water partition coefficient (Wildman–Crippen LogP) is 1.73. The maximum Gasteiger partial charge on any atom is 0.269 e. The number of hydrogen-bond donors (Lipinski definition) is 1. The van der Waals surface area contributed by atoms with Gasteiger partial charge in [-0.3, -0.25) is 19.7 Å². The third kappa shape index (κ3) is 7.66. The lowest BCUT2D eigenvalue weighted by Gasteiger charge is -1.90. The first kappa shape index (κ1) is 14.8. The number of rotatable bonds is 3. The number of nitro benzene ring substituents is 1. The highest BCUT2D eigenvalue weighted by atomic mass is 16.6. The molecular formula is C11H14N2O4. The Labute approximate surface area is 98.6 Å². The number of Topliss-reactive ketones (excluding diaryl/α,β-unsaturated/α-hetero) is 2. The van der Waals surface area contributed by atoms with Gasteiger partial charge >= 0.3 is 0 Å². The van der Waals surface area contributed by atoms with Crippen molar-refractivity contribution in [3.05, 3.63) is 34.4 Å². The molecule has 0 amide bonds. The van der Waals surface area contributed by atoms with E-state index in [-0.39, 0.29) is 23.7 Å². The van der Waals surface area contributed by atoms with Gasteiger partial charge in [0.05, 0.1) is 11.3 Å². The molecule has 1 rings (SSSR count). The highest BCUT2D eigenvalue weighted by Gasteiger charge is 2.00. The summed E-state index contributed by atoms with van der Waals surface area (Å²) in [7, 11) is 0. The maximum absolute atomic E-state index is 10.1. The number of nitrogens with two attached hydrogens (primary N) is 1. The Hall–Kier alpha value is -2.24. The van der Waals surface area contributed by atoms with Gasteiger partial charge in [-0.2, -0.15) is 0 Å². The molecule has 1 aromatic carbocycles. The van der Waals surface area contributed by atoms with E-state index in [1.807, 2.05) is 0 Å². The van der Waals surface area contributed by atoms with Gasteiger partial charge in [-0.25, -0.2) is 0 Å². The molecule has 0 saturated heterocycles. The highest BCUT2D eigenvalue weighted by Crippen LogP contribution is 2.11. The van der Waals surface area contributed by atoms with Gasteiger partial charge in [0.25, 0.3) is 5.69 Å². The summed E-state index contributed by atoms with van der Waals surface area (Å²) in [5.41, 5.74) is 5.90. The van der Waals surface area contributed by atoms with Gasteiger partial charge < -0.3 is 5.73 Å². The van der Waals surface area contributed by atoms with Crippen molar-refractivity contribution in [3.8, 4) is 0 Å². The molecule has 0 fully saturated rings. The Balaban J connectivity index is 0.000000325. The standard InChI is InChI=1S/C6H6N2O2.C5H8O2/c7-5-1-3-6(4-2-5)8(9)10;1-4(6)3-5(2)7/h1-4H,7H2;3H2,1-2H3. The lowest BCUT2D eigenvalue weighted by molar-refractivity contribution is -0.384. The molecule has 6 nitrogen and oxygen atoms in total. The number of anilines is 1. The molecule has 0 aliphatic carbocycles. The third-order valence-corrected chi connectivity index (χ3v) is 1.60. The number of hydrogen-bond acceptors (Lipinski definition) is 5. The van der Waals surface area contributed by atoms with E-state index in [1.54, 1.807) is 0 Å². The minimum absolute atomic E-state index is 0.0625. The van der Waals surface area contributed by atoms with Crippen molar-refractivity contribution in [3.63, 3.8) is 0 Å². The molecule has 0 radical (unpaired) electrons. The Bertz CT molecular complexity index is 400. The molecule has 1 aromatic rings. The number of nitrogen functional groups attached to an aromatic ring is 1. The fourth-order valence-electron chi connectivity index (χ4n) is 0.947. The maximum atomic E-state index is 10.1. The summed E-state index contributed by atoms with van der Waals surface area (Å²) in [6, 6.07) is 5.74. The minimum Gasteiger partial charge on any atom is -0.399 e. The van der Waals surface area contributed by atoms with E-state index in [1.165, 1.54) is 38.1 Å². The van der Waals surface area contributed by atoms with Gasteiger partial charge in [-0.15, -0.1) is 0 Å². The van der Waals surface area contributed by atoms with Crippen molar-refractivity contribution in [1.29, 1.82) is 0 Å². The zero-order chi connectivity index (χ0) is 13.4. The lowest BCUT2D eigenvalue weighted by Crippen LogP contribution is -1.97. The summed E-state index contributed by atoms with van der Waals surface area (Å²) in [5, 5.41) is 10.1. The molecular weight excluding hydrogens is 224 g/mol. The van der Waals surface area contributed by atoms with Crippen LogP contribution in [0.5, 0.6) is 0 Å². The molecule has 0 bridgehead atoms. The van der Waals surface area contributed by atoms with Crippen molar-refractivity contribution >= 4 is 22.9 Å². The molecule has 6 heteroatoms. The Morgan fingerprint density at radius 2 is 1.59 bits per heavy atom. The zero-order valence-electron chi connectivity index (χ0n) is 9.67. The molecule has 0 aromatic heterocycles. The summed E-state index contributed by atoms with van der Waals surface area (Å²) in [6.45, 7) is 2.81. The first-order valence-electron chi connectivity index (χ1n) is 4.81. The molecule has 17 heavy (non-hydrogen) atoms. The SMILES string of the molecule is CC(=O)CC(C)=O.Nc1ccc([N+](=O)[O-])cc1. The molecule has 0 unspecified atom stereocenters. The van der Waals surface area contributed by atoms with Crippen molar-refractivity contribution in [1.82, 2.24) is 0 Å². The van der Waals surface area contributed by atoms with Crippen LogP contribution in [0.2, 0.25) is 0 Å². The monoisotopic (exact) mass is 238 g/mol. The van der Waals surface area contributed by atoms with Crippen LogP contribution in [0.15, 0.2) is 24.3 Å². The fraction of sp³-hybridized carbons (Fsp3) is 0.273. The second-order valence-corrected chi connectivity index (χ2v) is 3.43. The van der Waals surface area contributed by atoms with Crippen molar-refractivity contribution in [2.24, 2.45) is 0 Å². The normalized spacial score (nSPS) is 8.82. The highest BCUT2D eigenvalue weighted by molar-refractivity contribution is 5.96. The average molecular weight is 238 g/mol. The van der Waals surface area contributed by atoms with E-state index in [9.17, 15) is 19.7 Å². The van der Waals surface area contributed by atoms with Gasteiger partial charge in [0.2, 0.25) is 0 Å². The van der Waals surface area contributed by atoms with E-state index in [4.69, 9.17) is 5.73 Å². The summed E-state index contributed by atoms with van der Waals surface area (Å²) in [4.78, 5) is 29.7. The summed E-state index contributed by atoms with van der Waals surface area (Å²) in [5.74, 6) is -0.125. The molecule has 0 aliphatic rings. The first-order valence-corrected chi connectivity index (χ1v) is 4.81. The van der Waals surface area contributed by atoms with Gasteiger partial charge in [0.1, 0.15) is 11.6 Å². The van der Waals surface area contributed by atoms with Crippen molar-refractivity contribution in [2.45, 2.75) is 20.3 Å². The second kappa shape index (κ2) is 7.10. The van der Waals surface area contributed by atoms with E-state index < -0.39 is 4.92 Å². The van der Waals surface area contributed by atoms with Crippen LogP contribution in [0.25, 0.3) is 0 Å². The fourth-order valence-corrected chi connectivity index (χ4v) is 0.947. The van der Waals surface area contributed by atoms with Crippen LogP contribution in [0.3, 0.4) is 0 Å². The van der Waals surface area contributed by atoms with E-state index >= 15 is 0 Å². The molecule has 92 valence electrons. The Kier molecular flexibility index (Phi) is 6.17. The van der Waals surface area contributed by atoms with Crippen LogP contribution < -0.4 is 5.73 Å². The summed E-state index contributed by atoms with van der Waals surface area (Å²) >= 11 is 0. The van der Waals surface area contributed by atoms with Gasteiger partial charge in [-0.05, 0) is 26.0 Å². The molecule has 0 saturated carbocycles. The summed E-state index contributed by atoms with van der Waals surface area (Å²) in [6.07, 6.45) is 0.0833. The Morgan fingerprint density at radius 3 is 1.82 bits per heavy atom. The number of nitro groups is 1. The van der Waals surface area contributed by atoms with Gasteiger partial charge in [-0.1, -0.05) is 0 Å². The molecule has 0 heterocycles. The average Bonchev–Trinajstić information content (AvgIpc) is 2.16. The molecule has 2 N–H and O–H groups in total. The van der Waals surface area contributed by atoms with E-state index in [0.29, 0.717) is 5.69 Å². The smallest absolute Gasteiger partial charge is 0.269 e. The largest absolute Gasteiger partial charge is 0.399 e. The first-order chi connectivity index (χ1) is 7.82. The zero-order valence-corrected chi connectivity index (χ0v) is 9.67. The number of benzene rings is 1. The minimum atomic E-state index is -0.459. The molecule has 0 aliphatic heterocycles. The Morgan fingerprint density at radius 1 is 1.18 bits per heavy atom. The van der Waals surface area contributed by atoms with Gasteiger partial charge in [0, 0.05) is 17.8 Å². The van der Waals surface area contributed by atoms with E-state index in [0.717, 1.165) is 0 Å². The number of nitrogens with zero attached hydrogens (tertiary/aromatic N) is 1. The van der Waals surface area contributed by atoms with Crippen LogP contribution in [0.4, 0.5) is 11.4 Å². The van der Waals surface area contributed by atoms with Crippen LogP contribution >= 0.6 is 0 Å². The van der Waals surface area contributed by atoms with Gasteiger partial charge in [0.15, 0.2) is 0 Å². The molecule has 0 spiro atoms. The van der Waals surface area contributed by atoms with Crippen molar-refractivity contribution < 1.29 is 14.5 Å². The summed E-state index contributed by atoms with van der Waals surface area (Å²) < 4.78 is 0. The third-order valence-electron chi connectivity index (χ3n) is 1.60.